The fourth-order valence-corrected chi connectivity index (χ4v) is 7.27. The number of likely N-dealkylation sites (tertiary alicyclic amines) is 1. The monoisotopic (exact) mass is 622 g/mol. The van der Waals surface area contributed by atoms with Crippen LogP contribution in [-0.4, -0.2) is 53.8 Å². The molecule has 0 unspecified atom stereocenters. The molecule has 7 rings (SSSR count). The molecule has 0 spiro atoms. The molecule has 9 heteroatoms. The number of unbranched alkanes of at least 4 members (excludes halogenated alkanes) is 2. The zero-order valence-electron chi connectivity index (χ0n) is 26.1. The fourth-order valence-electron chi connectivity index (χ4n) is 7.27. The Balaban J connectivity index is 1.15. The lowest BCUT2D eigenvalue weighted by molar-refractivity contribution is -0.160. The van der Waals surface area contributed by atoms with Gasteiger partial charge in [0.1, 0.15) is 6.04 Å². The number of hydrogen-bond donors (Lipinski definition) is 1. The van der Waals surface area contributed by atoms with Crippen LogP contribution < -0.4 is 5.32 Å². The number of nitrogens with zero attached hydrogens (tertiary/aromatic N) is 1. The Bertz CT molecular complexity index is 1550. The number of esters is 2. The molecule has 46 heavy (non-hydrogen) atoms. The molecule has 3 atom stereocenters. The Kier molecular flexibility index (Phi) is 9.01. The molecule has 1 heterocycles. The van der Waals surface area contributed by atoms with Crippen LogP contribution in [0.1, 0.15) is 90.4 Å². The van der Waals surface area contributed by atoms with Gasteiger partial charge in [0.2, 0.25) is 11.8 Å². The summed E-state index contributed by atoms with van der Waals surface area (Å²) in [6, 6.07) is 21.1. The van der Waals surface area contributed by atoms with Gasteiger partial charge in [-0.25, -0.2) is 9.59 Å². The Labute approximate surface area is 268 Å². The maximum Gasteiger partial charge on any atom is 0.338 e. The van der Waals surface area contributed by atoms with Crippen molar-refractivity contribution in [2.45, 2.75) is 63.8 Å². The SMILES string of the molecule is CCCCOC(=O)c1ccc(NC(=O)COC(=O)[C@@H](CCCC)N2C(=O)[C@@H]3C4c5ccccc5C(c5ccccc54)[C@@H]3C2=O)cc1. The smallest absolute Gasteiger partial charge is 0.338 e. The number of ether oxygens (including phenoxy) is 2. The predicted octanol–water partition coefficient (Wildman–Crippen LogP) is 5.58. The molecule has 3 aliphatic carbocycles. The predicted molar refractivity (Wildman–Crippen MR) is 170 cm³/mol. The van der Waals surface area contributed by atoms with Gasteiger partial charge in [0.05, 0.1) is 24.0 Å². The zero-order chi connectivity index (χ0) is 32.4. The van der Waals surface area contributed by atoms with Gasteiger partial charge in [-0.15, -0.1) is 0 Å². The number of anilines is 1. The fraction of sp³-hybridized carbons (Fsp3) is 0.378. The number of rotatable bonds is 12. The number of nitrogens with one attached hydrogen (secondary N) is 1. The number of benzene rings is 3. The van der Waals surface area contributed by atoms with Crippen LogP contribution in [0.15, 0.2) is 72.8 Å². The standard InChI is InChI=1S/C37H38N2O7/c1-3-5-15-28(37(44)46-21-29(40)38-23-18-16-22(17-19-23)36(43)45-20-6-4-2)39-34(41)32-30-24-11-7-8-12-25(24)31(33(32)35(39)42)27-14-10-9-13-26(27)30/h7-14,16-19,28,30-33H,3-6,15,20-21H2,1-2H3,(H,38,40)/t28-,30?,31?,32-,33+/m1/s1. The lowest BCUT2D eigenvalue weighted by Gasteiger charge is -2.45. The third-order valence-corrected chi connectivity index (χ3v) is 9.38. The number of imide groups is 1. The highest BCUT2D eigenvalue weighted by Gasteiger charge is 2.63. The minimum absolute atomic E-state index is 0.249. The van der Waals surface area contributed by atoms with E-state index in [2.05, 4.69) is 5.32 Å². The van der Waals surface area contributed by atoms with Crippen molar-refractivity contribution in [1.29, 1.82) is 0 Å². The number of amides is 3. The van der Waals surface area contributed by atoms with Gasteiger partial charge in [-0.1, -0.05) is 81.6 Å². The first kappa shape index (κ1) is 31.2. The molecular formula is C37H38N2O7. The minimum atomic E-state index is -1.12. The largest absolute Gasteiger partial charge is 0.462 e. The van der Waals surface area contributed by atoms with Crippen molar-refractivity contribution < 1.29 is 33.4 Å². The summed E-state index contributed by atoms with van der Waals surface area (Å²) in [7, 11) is 0. The van der Waals surface area contributed by atoms with Crippen molar-refractivity contribution in [1.82, 2.24) is 4.90 Å². The summed E-state index contributed by atoms with van der Waals surface area (Å²) in [5, 5.41) is 2.65. The van der Waals surface area contributed by atoms with E-state index in [0.29, 0.717) is 24.3 Å². The van der Waals surface area contributed by atoms with Crippen LogP contribution in [0.5, 0.6) is 0 Å². The molecule has 238 valence electrons. The molecule has 0 saturated carbocycles. The minimum Gasteiger partial charge on any atom is -0.462 e. The number of hydrogen-bond acceptors (Lipinski definition) is 7. The molecule has 3 aromatic carbocycles. The maximum absolute atomic E-state index is 14.2. The van der Waals surface area contributed by atoms with Crippen LogP contribution in [0.3, 0.4) is 0 Å². The van der Waals surface area contributed by atoms with Crippen LogP contribution in [0.25, 0.3) is 0 Å². The van der Waals surface area contributed by atoms with E-state index in [-0.39, 0.29) is 30.1 Å². The van der Waals surface area contributed by atoms with E-state index in [1.807, 2.05) is 62.4 Å². The molecule has 3 amide bonds. The van der Waals surface area contributed by atoms with Crippen molar-refractivity contribution >= 4 is 35.3 Å². The van der Waals surface area contributed by atoms with E-state index in [0.717, 1.165) is 46.4 Å². The van der Waals surface area contributed by atoms with Gasteiger partial charge in [-0.3, -0.25) is 19.3 Å². The second-order valence-electron chi connectivity index (χ2n) is 12.2. The van der Waals surface area contributed by atoms with E-state index in [1.54, 1.807) is 24.3 Å². The Morgan fingerprint density at radius 1 is 0.739 bits per heavy atom. The topological polar surface area (TPSA) is 119 Å². The van der Waals surface area contributed by atoms with E-state index >= 15 is 0 Å². The lowest BCUT2D eigenvalue weighted by Crippen LogP contribution is -2.47. The van der Waals surface area contributed by atoms with Crippen molar-refractivity contribution in [3.05, 3.63) is 101 Å². The second kappa shape index (κ2) is 13.3. The van der Waals surface area contributed by atoms with Crippen molar-refractivity contribution in [3.8, 4) is 0 Å². The first-order valence-electron chi connectivity index (χ1n) is 16.1. The van der Waals surface area contributed by atoms with Crippen LogP contribution in [-0.2, 0) is 28.7 Å². The summed E-state index contributed by atoms with van der Waals surface area (Å²) >= 11 is 0. The lowest BCUT2D eigenvalue weighted by atomic mass is 9.55. The molecule has 0 aromatic heterocycles. The highest BCUT2D eigenvalue weighted by Crippen LogP contribution is 2.61. The first-order valence-corrected chi connectivity index (χ1v) is 16.1. The molecule has 1 saturated heterocycles. The zero-order valence-corrected chi connectivity index (χ0v) is 26.1. The Morgan fingerprint density at radius 2 is 1.26 bits per heavy atom. The third-order valence-electron chi connectivity index (χ3n) is 9.38. The summed E-state index contributed by atoms with van der Waals surface area (Å²) in [6.45, 7) is 3.73. The van der Waals surface area contributed by atoms with Crippen LogP contribution in [0.2, 0.25) is 0 Å². The maximum atomic E-state index is 14.2. The van der Waals surface area contributed by atoms with Crippen LogP contribution in [0.4, 0.5) is 5.69 Å². The quantitative estimate of drug-likeness (QED) is 0.159. The van der Waals surface area contributed by atoms with E-state index in [1.165, 1.54) is 0 Å². The molecule has 2 bridgehead atoms. The second-order valence-corrected chi connectivity index (χ2v) is 12.2. The molecule has 3 aromatic rings. The molecule has 9 nitrogen and oxygen atoms in total. The number of carbonyl (C=O) groups is 5. The highest BCUT2D eigenvalue weighted by molar-refractivity contribution is 6.10. The first-order chi connectivity index (χ1) is 22.3. The summed E-state index contributed by atoms with van der Waals surface area (Å²) in [5.74, 6) is -4.28. The van der Waals surface area contributed by atoms with Gasteiger partial charge in [0.25, 0.3) is 5.91 Å². The Morgan fingerprint density at radius 3 is 1.76 bits per heavy atom. The van der Waals surface area contributed by atoms with Gasteiger partial charge in [-0.2, -0.15) is 0 Å². The van der Waals surface area contributed by atoms with E-state index in [4.69, 9.17) is 9.47 Å². The van der Waals surface area contributed by atoms with Crippen molar-refractivity contribution in [2.24, 2.45) is 11.8 Å². The number of carbonyl (C=O) groups excluding carboxylic acids is 5. The van der Waals surface area contributed by atoms with Gasteiger partial charge in [-0.05, 0) is 59.4 Å². The summed E-state index contributed by atoms with van der Waals surface area (Å²) in [5.41, 5.74) is 5.00. The van der Waals surface area contributed by atoms with E-state index < -0.39 is 42.3 Å². The van der Waals surface area contributed by atoms with Gasteiger partial charge in [0.15, 0.2) is 6.61 Å². The van der Waals surface area contributed by atoms with Gasteiger partial charge in [0, 0.05) is 17.5 Å². The average Bonchev–Trinajstić information content (AvgIpc) is 3.34. The molecule has 1 N–H and O–H groups in total. The normalized spacial score (nSPS) is 21.2. The summed E-state index contributed by atoms with van der Waals surface area (Å²) < 4.78 is 10.6. The van der Waals surface area contributed by atoms with Gasteiger partial charge >= 0.3 is 11.9 Å². The third kappa shape index (κ3) is 5.59. The highest BCUT2D eigenvalue weighted by atomic mass is 16.5. The molecule has 4 aliphatic rings. The average molecular weight is 623 g/mol. The summed E-state index contributed by atoms with van der Waals surface area (Å²) in [6.07, 6.45) is 3.29. The molecular weight excluding hydrogens is 584 g/mol. The summed E-state index contributed by atoms with van der Waals surface area (Å²) in [4.78, 5) is 67.9. The molecule has 0 radical (unpaired) electrons. The van der Waals surface area contributed by atoms with Gasteiger partial charge < -0.3 is 14.8 Å². The molecule has 1 fully saturated rings. The van der Waals surface area contributed by atoms with E-state index in [9.17, 15) is 24.0 Å². The van der Waals surface area contributed by atoms with Crippen molar-refractivity contribution in [2.75, 3.05) is 18.5 Å². The van der Waals surface area contributed by atoms with Crippen molar-refractivity contribution in [3.63, 3.8) is 0 Å². The Hall–Kier alpha value is -4.79. The van der Waals surface area contributed by atoms with Crippen LogP contribution >= 0.6 is 0 Å². The molecule has 1 aliphatic heterocycles. The van der Waals surface area contributed by atoms with Crippen LogP contribution in [0, 0.1) is 11.8 Å².